The van der Waals surface area contributed by atoms with Crippen LogP contribution in [0.3, 0.4) is 0 Å². The molecule has 3 rings (SSSR count). The summed E-state index contributed by atoms with van der Waals surface area (Å²) in [6, 6.07) is 11.5. The van der Waals surface area contributed by atoms with E-state index in [1.807, 2.05) is 18.2 Å². The minimum Gasteiger partial charge on any atom is -0.490 e. The molecule has 0 bridgehead atoms. The average Bonchev–Trinajstić information content (AvgIpc) is 2.78. The van der Waals surface area contributed by atoms with Gasteiger partial charge in [0.1, 0.15) is 11.9 Å². The Morgan fingerprint density at radius 1 is 1.19 bits per heavy atom. The zero-order chi connectivity index (χ0) is 14.5. The van der Waals surface area contributed by atoms with Crippen LogP contribution in [0.25, 0.3) is 0 Å². The molecule has 1 aromatic heterocycles. The highest BCUT2D eigenvalue weighted by atomic mass is 16.5. The van der Waals surface area contributed by atoms with Crippen LogP contribution in [0.2, 0.25) is 0 Å². The van der Waals surface area contributed by atoms with E-state index in [9.17, 15) is 0 Å². The van der Waals surface area contributed by atoms with Gasteiger partial charge in [0.25, 0.3) is 0 Å². The van der Waals surface area contributed by atoms with E-state index in [1.165, 1.54) is 0 Å². The van der Waals surface area contributed by atoms with Crippen LogP contribution in [0.15, 0.2) is 36.5 Å². The molecule has 5 heteroatoms. The van der Waals surface area contributed by atoms with Crippen LogP contribution in [0.5, 0.6) is 11.5 Å². The van der Waals surface area contributed by atoms with Crippen molar-refractivity contribution in [1.82, 2.24) is 4.98 Å². The summed E-state index contributed by atoms with van der Waals surface area (Å²) in [6.45, 7) is 1.93. The highest BCUT2D eigenvalue weighted by Gasteiger charge is 2.11. The van der Waals surface area contributed by atoms with Gasteiger partial charge in [-0.3, -0.25) is 0 Å². The number of rotatable bonds is 3. The summed E-state index contributed by atoms with van der Waals surface area (Å²) >= 11 is 0. The number of ether oxygens (including phenoxy) is 2. The third-order valence-electron chi connectivity index (χ3n) is 3.20. The van der Waals surface area contributed by atoms with Crippen LogP contribution in [0.1, 0.15) is 17.5 Å². The van der Waals surface area contributed by atoms with Gasteiger partial charge in [-0.15, -0.1) is 0 Å². The second-order valence-corrected chi connectivity index (χ2v) is 4.70. The molecule has 0 aliphatic carbocycles. The van der Waals surface area contributed by atoms with Gasteiger partial charge in [0.15, 0.2) is 11.5 Å². The van der Waals surface area contributed by atoms with Crippen molar-refractivity contribution in [1.29, 1.82) is 5.26 Å². The lowest BCUT2D eigenvalue weighted by Gasteiger charge is -2.11. The summed E-state index contributed by atoms with van der Waals surface area (Å²) in [7, 11) is 0. The van der Waals surface area contributed by atoms with E-state index >= 15 is 0 Å². The molecule has 21 heavy (non-hydrogen) atoms. The molecule has 0 saturated carbocycles. The molecule has 1 aliphatic heterocycles. The van der Waals surface area contributed by atoms with Crippen molar-refractivity contribution < 1.29 is 9.47 Å². The highest BCUT2D eigenvalue weighted by molar-refractivity contribution is 5.52. The van der Waals surface area contributed by atoms with E-state index in [-0.39, 0.29) is 0 Å². The first-order valence-electron chi connectivity index (χ1n) is 6.84. The molecule has 0 fully saturated rings. The summed E-state index contributed by atoms with van der Waals surface area (Å²) in [4.78, 5) is 4.18. The van der Waals surface area contributed by atoms with Crippen molar-refractivity contribution in [2.75, 3.05) is 18.5 Å². The predicted molar refractivity (Wildman–Crippen MR) is 78.3 cm³/mol. The van der Waals surface area contributed by atoms with Crippen molar-refractivity contribution in [3.8, 4) is 17.6 Å². The van der Waals surface area contributed by atoms with Gasteiger partial charge in [0, 0.05) is 19.2 Å². The number of aromatic nitrogens is 1. The van der Waals surface area contributed by atoms with Crippen molar-refractivity contribution in [3.05, 3.63) is 47.7 Å². The Bertz CT molecular complexity index is 679. The van der Waals surface area contributed by atoms with Crippen LogP contribution in [-0.2, 0) is 6.54 Å². The fourth-order valence-corrected chi connectivity index (χ4v) is 2.14. The Hall–Kier alpha value is -2.74. The molecule has 0 saturated heterocycles. The van der Waals surface area contributed by atoms with Crippen molar-refractivity contribution in [3.63, 3.8) is 0 Å². The minimum absolute atomic E-state index is 0.534. The number of anilines is 1. The molecule has 1 aromatic carbocycles. The first-order valence-corrected chi connectivity index (χ1v) is 6.84. The van der Waals surface area contributed by atoms with E-state index in [4.69, 9.17) is 14.7 Å². The van der Waals surface area contributed by atoms with Crippen LogP contribution >= 0.6 is 0 Å². The third-order valence-corrected chi connectivity index (χ3v) is 3.20. The standard InChI is InChI=1S/C16H15N3O2/c17-10-13-3-1-6-18-16(13)19-11-12-4-5-14-15(9-12)21-8-2-7-20-14/h1,3-6,9H,2,7-8,11H2,(H,18,19). The zero-order valence-electron chi connectivity index (χ0n) is 11.5. The highest BCUT2D eigenvalue weighted by Crippen LogP contribution is 2.30. The number of hydrogen-bond donors (Lipinski definition) is 1. The molecule has 2 heterocycles. The maximum Gasteiger partial charge on any atom is 0.161 e. The summed E-state index contributed by atoms with van der Waals surface area (Å²) in [5.41, 5.74) is 1.58. The van der Waals surface area contributed by atoms with Gasteiger partial charge in [0.2, 0.25) is 0 Å². The maximum absolute atomic E-state index is 9.04. The minimum atomic E-state index is 0.534. The van der Waals surface area contributed by atoms with Gasteiger partial charge in [-0.2, -0.15) is 5.26 Å². The molecule has 0 atom stereocenters. The predicted octanol–water partition coefficient (Wildman–Crippen LogP) is 2.73. The number of nitriles is 1. The first kappa shape index (κ1) is 13.3. The fourth-order valence-electron chi connectivity index (χ4n) is 2.14. The second kappa shape index (κ2) is 6.14. The zero-order valence-corrected chi connectivity index (χ0v) is 11.5. The smallest absolute Gasteiger partial charge is 0.161 e. The molecule has 106 valence electrons. The Kier molecular flexibility index (Phi) is 3.88. The molecule has 0 radical (unpaired) electrons. The van der Waals surface area contributed by atoms with E-state index in [1.54, 1.807) is 18.3 Å². The third kappa shape index (κ3) is 3.06. The van der Waals surface area contributed by atoms with E-state index in [0.717, 1.165) is 23.5 Å². The number of fused-ring (bicyclic) bond motifs is 1. The topological polar surface area (TPSA) is 67.2 Å². The summed E-state index contributed by atoms with van der Waals surface area (Å²) in [5, 5.41) is 12.2. The monoisotopic (exact) mass is 281 g/mol. The lowest BCUT2D eigenvalue weighted by atomic mass is 10.2. The Morgan fingerprint density at radius 2 is 2.05 bits per heavy atom. The molecule has 5 nitrogen and oxygen atoms in total. The number of benzene rings is 1. The lowest BCUT2D eigenvalue weighted by Crippen LogP contribution is -2.03. The Balaban J connectivity index is 1.74. The Labute approximate surface area is 123 Å². The number of pyridine rings is 1. The van der Waals surface area contributed by atoms with Gasteiger partial charge in [0.05, 0.1) is 18.8 Å². The number of hydrogen-bond acceptors (Lipinski definition) is 5. The molecular weight excluding hydrogens is 266 g/mol. The van der Waals surface area contributed by atoms with Crippen LogP contribution in [-0.4, -0.2) is 18.2 Å². The fraction of sp³-hybridized carbons (Fsp3) is 0.250. The first-order chi connectivity index (χ1) is 10.4. The normalized spacial score (nSPS) is 13.1. The van der Waals surface area contributed by atoms with Crippen molar-refractivity contribution in [2.45, 2.75) is 13.0 Å². The van der Waals surface area contributed by atoms with E-state index in [0.29, 0.717) is 31.1 Å². The van der Waals surface area contributed by atoms with Gasteiger partial charge >= 0.3 is 0 Å². The molecule has 0 spiro atoms. The summed E-state index contributed by atoms with van der Waals surface area (Å²) in [6.07, 6.45) is 2.55. The molecule has 1 N–H and O–H groups in total. The maximum atomic E-state index is 9.04. The van der Waals surface area contributed by atoms with Gasteiger partial charge in [-0.25, -0.2) is 4.98 Å². The molecule has 2 aromatic rings. The second-order valence-electron chi connectivity index (χ2n) is 4.70. The number of nitrogens with one attached hydrogen (secondary N) is 1. The van der Waals surface area contributed by atoms with E-state index in [2.05, 4.69) is 16.4 Å². The quantitative estimate of drug-likeness (QED) is 0.937. The lowest BCUT2D eigenvalue weighted by molar-refractivity contribution is 0.297. The van der Waals surface area contributed by atoms with Crippen molar-refractivity contribution >= 4 is 5.82 Å². The van der Waals surface area contributed by atoms with Crippen LogP contribution in [0.4, 0.5) is 5.82 Å². The van der Waals surface area contributed by atoms with Gasteiger partial charge < -0.3 is 14.8 Å². The molecular formula is C16H15N3O2. The molecule has 1 aliphatic rings. The average molecular weight is 281 g/mol. The van der Waals surface area contributed by atoms with Crippen LogP contribution in [0, 0.1) is 11.3 Å². The van der Waals surface area contributed by atoms with E-state index < -0.39 is 0 Å². The summed E-state index contributed by atoms with van der Waals surface area (Å²) < 4.78 is 11.3. The molecule has 0 unspecified atom stereocenters. The summed E-state index contributed by atoms with van der Waals surface area (Å²) in [5.74, 6) is 2.15. The number of nitrogens with zero attached hydrogens (tertiary/aromatic N) is 2. The van der Waals surface area contributed by atoms with Crippen molar-refractivity contribution in [2.24, 2.45) is 0 Å². The van der Waals surface area contributed by atoms with Gasteiger partial charge in [-0.05, 0) is 29.8 Å². The Morgan fingerprint density at radius 3 is 2.90 bits per heavy atom. The molecule has 0 amide bonds. The largest absolute Gasteiger partial charge is 0.490 e. The SMILES string of the molecule is N#Cc1cccnc1NCc1ccc2c(c1)OCCCO2. The van der Waals surface area contributed by atoms with Crippen LogP contribution < -0.4 is 14.8 Å². The van der Waals surface area contributed by atoms with Gasteiger partial charge in [-0.1, -0.05) is 6.07 Å².